The van der Waals surface area contributed by atoms with Gasteiger partial charge in [0.1, 0.15) is 5.82 Å². The first kappa shape index (κ1) is 16.5. The summed E-state index contributed by atoms with van der Waals surface area (Å²) in [5, 5.41) is 2.61. The van der Waals surface area contributed by atoms with Crippen LogP contribution in [0.5, 0.6) is 0 Å². The van der Waals surface area contributed by atoms with Crippen LogP contribution in [0.4, 0.5) is 10.1 Å². The molecule has 0 amide bonds. The van der Waals surface area contributed by atoms with Gasteiger partial charge in [-0.05, 0) is 18.2 Å². The smallest absolute Gasteiger partial charge is 0.350 e. The summed E-state index contributed by atoms with van der Waals surface area (Å²) < 4.78 is 27.8. The van der Waals surface area contributed by atoms with Crippen molar-refractivity contribution in [3.05, 3.63) is 41.4 Å². The first-order valence-electron chi connectivity index (χ1n) is 6.55. The molecule has 8 heteroatoms. The average molecular weight is 323 g/mol. The number of rotatable bonds is 3. The van der Waals surface area contributed by atoms with Crippen molar-refractivity contribution in [2.75, 3.05) is 12.4 Å². The van der Waals surface area contributed by atoms with Gasteiger partial charge in [-0.15, -0.1) is 0 Å². The fraction of sp³-hybridized carbons (Fsp3) is 0.267. The molecule has 0 atom stereocenters. The van der Waals surface area contributed by atoms with Crippen molar-refractivity contribution in [2.45, 2.75) is 19.6 Å². The number of carbonyl (C=O) groups excluding carboxylic acids is 3. The number of benzene rings is 1. The van der Waals surface area contributed by atoms with Gasteiger partial charge in [-0.3, -0.25) is 0 Å². The molecule has 23 heavy (non-hydrogen) atoms. The van der Waals surface area contributed by atoms with Crippen molar-refractivity contribution in [3.63, 3.8) is 0 Å². The normalized spacial score (nSPS) is 16.3. The van der Waals surface area contributed by atoms with Gasteiger partial charge in [0.15, 0.2) is 5.57 Å². The first-order chi connectivity index (χ1) is 10.7. The zero-order valence-corrected chi connectivity index (χ0v) is 12.6. The van der Waals surface area contributed by atoms with E-state index in [1.54, 1.807) is 0 Å². The Labute approximate surface area is 131 Å². The SMILES string of the molecule is COC(=O)c1cc(NC=C2C(=O)OC(C)(C)OC2=O)ccc1F. The molecule has 2 rings (SSSR count). The minimum Gasteiger partial charge on any atom is -0.465 e. The maximum atomic E-state index is 13.5. The van der Waals surface area contributed by atoms with Crippen molar-refractivity contribution in [3.8, 4) is 0 Å². The molecule has 0 bridgehead atoms. The molecule has 1 aliphatic heterocycles. The van der Waals surface area contributed by atoms with E-state index in [1.807, 2.05) is 0 Å². The van der Waals surface area contributed by atoms with E-state index in [2.05, 4.69) is 10.1 Å². The van der Waals surface area contributed by atoms with Gasteiger partial charge < -0.3 is 19.5 Å². The Balaban J connectivity index is 2.22. The van der Waals surface area contributed by atoms with Crippen LogP contribution in [0.2, 0.25) is 0 Å². The lowest BCUT2D eigenvalue weighted by Crippen LogP contribution is -2.42. The molecule has 1 aromatic carbocycles. The number of methoxy groups -OCH3 is 1. The van der Waals surface area contributed by atoms with Crippen LogP contribution in [0, 0.1) is 5.82 Å². The Morgan fingerprint density at radius 3 is 2.43 bits per heavy atom. The lowest BCUT2D eigenvalue weighted by Gasteiger charge is -2.29. The number of hydrogen-bond donors (Lipinski definition) is 1. The summed E-state index contributed by atoms with van der Waals surface area (Å²) in [4.78, 5) is 34.9. The van der Waals surface area contributed by atoms with Crippen molar-refractivity contribution in [1.82, 2.24) is 0 Å². The van der Waals surface area contributed by atoms with Gasteiger partial charge in [-0.25, -0.2) is 18.8 Å². The molecule has 7 nitrogen and oxygen atoms in total. The summed E-state index contributed by atoms with van der Waals surface area (Å²) in [6.45, 7) is 2.85. The zero-order valence-electron chi connectivity index (χ0n) is 12.6. The minimum atomic E-state index is -1.33. The molecule has 1 heterocycles. The molecule has 0 unspecified atom stereocenters. The van der Waals surface area contributed by atoms with Crippen LogP contribution >= 0.6 is 0 Å². The van der Waals surface area contributed by atoms with Crippen molar-refractivity contribution in [2.24, 2.45) is 0 Å². The van der Waals surface area contributed by atoms with E-state index in [-0.39, 0.29) is 16.8 Å². The van der Waals surface area contributed by atoms with E-state index in [4.69, 9.17) is 9.47 Å². The van der Waals surface area contributed by atoms with Gasteiger partial charge in [-0.2, -0.15) is 0 Å². The van der Waals surface area contributed by atoms with E-state index in [9.17, 15) is 18.8 Å². The fourth-order valence-electron chi connectivity index (χ4n) is 1.82. The van der Waals surface area contributed by atoms with Crippen LogP contribution in [0.15, 0.2) is 30.0 Å². The highest BCUT2D eigenvalue weighted by atomic mass is 19.1. The number of ether oxygens (including phenoxy) is 3. The summed E-state index contributed by atoms with van der Waals surface area (Å²) in [7, 11) is 1.12. The van der Waals surface area contributed by atoms with Crippen LogP contribution in [0.25, 0.3) is 0 Å². The van der Waals surface area contributed by atoms with Crippen LogP contribution < -0.4 is 5.32 Å². The third-order valence-corrected chi connectivity index (χ3v) is 2.87. The lowest BCUT2D eigenvalue weighted by molar-refractivity contribution is -0.222. The molecule has 0 radical (unpaired) electrons. The maximum absolute atomic E-state index is 13.5. The Hall–Kier alpha value is -2.90. The van der Waals surface area contributed by atoms with E-state index in [0.29, 0.717) is 0 Å². The topological polar surface area (TPSA) is 90.9 Å². The number of esters is 3. The Morgan fingerprint density at radius 2 is 1.87 bits per heavy atom. The van der Waals surface area contributed by atoms with Crippen molar-refractivity contribution in [1.29, 1.82) is 0 Å². The second-order valence-electron chi connectivity index (χ2n) is 5.07. The second kappa shape index (κ2) is 6.07. The van der Waals surface area contributed by atoms with Crippen molar-refractivity contribution < 1.29 is 33.0 Å². The van der Waals surface area contributed by atoms with Crippen LogP contribution in [0.3, 0.4) is 0 Å². The molecule has 1 aliphatic rings. The molecule has 1 aromatic rings. The first-order valence-corrected chi connectivity index (χ1v) is 6.55. The Bertz CT molecular complexity index is 688. The highest BCUT2D eigenvalue weighted by Gasteiger charge is 2.38. The van der Waals surface area contributed by atoms with E-state index in [0.717, 1.165) is 19.4 Å². The van der Waals surface area contributed by atoms with Gasteiger partial charge in [0.2, 0.25) is 0 Å². The molecule has 1 N–H and O–H groups in total. The third-order valence-electron chi connectivity index (χ3n) is 2.87. The largest absolute Gasteiger partial charge is 0.465 e. The summed E-state index contributed by atoms with van der Waals surface area (Å²) in [6.07, 6.45) is 1.06. The highest BCUT2D eigenvalue weighted by molar-refractivity contribution is 6.15. The van der Waals surface area contributed by atoms with E-state index < -0.39 is 29.5 Å². The lowest BCUT2D eigenvalue weighted by atomic mass is 10.2. The molecule has 0 aromatic heterocycles. The molecule has 0 saturated carbocycles. The quantitative estimate of drug-likeness (QED) is 0.515. The average Bonchev–Trinajstić information content (AvgIpc) is 2.46. The van der Waals surface area contributed by atoms with E-state index >= 15 is 0 Å². The number of nitrogens with one attached hydrogen (secondary N) is 1. The van der Waals surface area contributed by atoms with Crippen molar-refractivity contribution >= 4 is 23.6 Å². The molecular weight excluding hydrogens is 309 g/mol. The van der Waals surface area contributed by atoms with Crippen LogP contribution in [-0.2, 0) is 23.8 Å². The molecule has 0 spiro atoms. The molecule has 1 fully saturated rings. The Morgan fingerprint density at radius 1 is 1.26 bits per heavy atom. The fourth-order valence-corrected chi connectivity index (χ4v) is 1.82. The number of hydrogen-bond acceptors (Lipinski definition) is 7. The van der Waals surface area contributed by atoms with E-state index in [1.165, 1.54) is 26.0 Å². The molecular formula is C15H14FNO6. The standard InChI is InChI=1S/C15H14FNO6/c1-15(2)22-13(19)10(14(20)23-15)7-17-8-4-5-11(16)9(6-8)12(18)21-3/h4-7,17H,1-3H3. The zero-order chi connectivity index (χ0) is 17.2. The van der Waals surface area contributed by atoms with Gasteiger partial charge in [0.05, 0.1) is 12.7 Å². The molecule has 122 valence electrons. The van der Waals surface area contributed by atoms with Gasteiger partial charge in [-0.1, -0.05) is 0 Å². The molecule has 1 saturated heterocycles. The van der Waals surface area contributed by atoms with Gasteiger partial charge in [0.25, 0.3) is 5.79 Å². The molecule has 0 aliphatic carbocycles. The second-order valence-corrected chi connectivity index (χ2v) is 5.07. The minimum absolute atomic E-state index is 0.268. The highest BCUT2D eigenvalue weighted by Crippen LogP contribution is 2.23. The van der Waals surface area contributed by atoms with Gasteiger partial charge >= 0.3 is 17.9 Å². The predicted molar refractivity (Wildman–Crippen MR) is 75.7 cm³/mol. The number of halogens is 1. The van der Waals surface area contributed by atoms with Crippen LogP contribution in [-0.4, -0.2) is 30.8 Å². The number of carbonyl (C=O) groups is 3. The maximum Gasteiger partial charge on any atom is 0.350 e. The summed E-state index contributed by atoms with van der Waals surface area (Å²) in [6, 6.07) is 3.55. The Kier molecular flexibility index (Phi) is 4.35. The summed E-state index contributed by atoms with van der Waals surface area (Å²) in [5.41, 5.74) is -0.371. The monoisotopic (exact) mass is 323 g/mol. The predicted octanol–water partition coefficient (Wildman–Crippen LogP) is 1.74. The number of anilines is 1. The third kappa shape index (κ3) is 3.65. The summed E-state index contributed by atoms with van der Waals surface area (Å²) >= 11 is 0. The summed E-state index contributed by atoms with van der Waals surface area (Å²) in [5.74, 6) is -4.65. The number of cyclic esters (lactones) is 2. The van der Waals surface area contributed by atoms with Crippen LogP contribution in [0.1, 0.15) is 24.2 Å². The van der Waals surface area contributed by atoms with Gasteiger partial charge in [0, 0.05) is 25.7 Å².